The Morgan fingerprint density at radius 2 is 2.35 bits per heavy atom. The van der Waals surface area contributed by atoms with Crippen molar-refractivity contribution in [3.63, 3.8) is 0 Å². The summed E-state index contributed by atoms with van der Waals surface area (Å²) in [7, 11) is 0. The van der Waals surface area contributed by atoms with Gasteiger partial charge in [0.2, 0.25) is 0 Å². The Morgan fingerprint density at radius 1 is 1.53 bits per heavy atom. The molecule has 0 amide bonds. The first-order chi connectivity index (χ1) is 8.19. The van der Waals surface area contributed by atoms with Gasteiger partial charge in [0, 0.05) is 0 Å². The topological polar surface area (TPSA) is 65.2 Å². The van der Waals surface area contributed by atoms with Gasteiger partial charge >= 0.3 is 0 Å². The minimum Gasteiger partial charge on any atom is -0.483 e. The number of rotatable bonds is 4. The van der Waals surface area contributed by atoms with Crippen LogP contribution in [0.1, 0.15) is 22.1 Å². The molecule has 0 radical (unpaired) electrons. The summed E-state index contributed by atoms with van der Waals surface area (Å²) in [6, 6.07) is 3.69. The molecule has 0 fully saturated rings. The number of nitrogens with zero attached hydrogens (tertiary/aromatic N) is 2. The van der Waals surface area contributed by atoms with E-state index >= 15 is 0 Å². The van der Waals surface area contributed by atoms with E-state index in [1.807, 2.05) is 0 Å². The lowest BCUT2D eigenvalue weighted by Gasteiger charge is -2.05. The zero-order chi connectivity index (χ0) is 12.3. The lowest BCUT2D eigenvalue weighted by Crippen LogP contribution is -1.99. The molecule has 88 valence electrons. The second-order valence-electron chi connectivity index (χ2n) is 3.32. The number of hydrogen-bond donors (Lipinski definition) is 0. The van der Waals surface area contributed by atoms with Crippen molar-refractivity contribution in [2.24, 2.45) is 0 Å². The second kappa shape index (κ2) is 4.73. The molecule has 17 heavy (non-hydrogen) atoms. The first-order valence-corrected chi connectivity index (χ1v) is 4.86. The highest BCUT2D eigenvalue weighted by Crippen LogP contribution is 2.18. The molecule has 2 rings (SSSR count). The van der Waals surface area contributed by atoms with Crippen LogP contribution in [0.25, 0.3) is 0 Å². The van der Waals surface area contributed by atoms with E-state index in [1.54, 1.807) is 6.92 Å². The molecular weight excluding hydrogens is 227 g/mol. The van der Waals surface area contributed by atoms with Gasteiger partial charge in [-0.25, -0.2) is 4.39 Å². The number of ether oxygens (including phenoxy) is 1. The molecule has 0 saturated carbocycles. The van der Waals surface area contributed by atoms with Crippen molar-refractivity contribution in [1.82, 2.24) is 10.1 Å². The summed E-state index contributed by atoms with van der Waals surface area (Å²) in [6.07, 6.45) is 0.525. The van der Waals surface area contributed by atoms with Gasteiger partial charge < -0.3 is 9.26 Å². The SMILES string of the molecule is Cc1noc(COc2ccc(F)cc2C=O)n1. The normalized spacial score (nSPS) is 10.2. The largest absolute Gasteiger partial charge is 0.483 e. The minimum atomic E-state index is -0.493. The Morgan fingerprint density at radius 3 is 3.00 bits per heavy atom. The molecule has 6 heteroatoms. The van der Waals surface area contributed by atoms with Crippen LogP contribution in [0.15, 0.2) is 22.7 Å². The monoisotopic (exact) mass is 236 g/mol. The van der Waals surface area contributed by atoms with Crippen molar-refractivity contribution >= 4 is 6.29 Å². The van der Waals surface area contributed by atoms with Crippen molar-refractivity contribution in [1.29, 1.82) is 0 Å². The van der Waals surface area contributed by atoms with Crippen molar-refractivity contribution in [2.75, 3.05) is 0 Å². The summed E-state index contributed by atoms with van der Waals surface area (Å²) >= 11 is 0. The quantitative estimate of drug-likeness (QED) is 0.758. The van der Waals surface area contributed by atoms with Gasteiger partial charge in [0.1, 0.15) is 11.6 Å². The van der Waals surface area contributed by atoms with E-state index in [4.69, 9.17) is 9.26 Å². The molecule has 2 aromatic rings. The maximum absolute atomic E-state index is 12.8. The van der Waals surface area contributed by atoms with Gasteiger partial charge in [0.05, 0.1) is 5.56 Å². The van der Waals surface area contributed by atoms with E-state index in [-0.39, 0.29) is 17.9 Å². The van der Waals surface area contributed by atoms with Crippen LogP contribution < -0.4 is 4.74 Å². The van der Waals surface area contributed by atoms with Crippen LogP contribution in [-0.2, 0) is 6.61 Å². The Labute approximate surface area is 96.2 Å². The standard InChI is InChI=1S/C11H9FN2O3/c1-7-13-11(17-14-7)6-16-10-3-2-9(12)4-8(10)5-15/h2-5H,6H2,1H3. The molecule has 1 aromatic heterocycles. The van der Waals surface area contributed by atoms with Crippen LogP contribution >= 0.6 is 0 Å². The van der Waals surface area contributed by atoms with Gasteiger partial charge in [-0.1, -0.05) is 5.16 Å². The first-order valence-electron chi connectivity index (χ1n) is 4.86. The molecular formula is C11H9FN2O3. The maximum atomic E-state index is 12.8. The second-order valence-corrected chi connectivity index (χ2v) is 3.32. The fourth-order valence-electron chi connectivity index (χ4n) is 1.28. The van der Waals surface area contributed by atoms with Gasteiger partial charge in [-0.3, -0.25) is 4.79 Å². The highest BCUT2D eigenvalue weighted by Gasteiger charge is 2.07. The number of aromatic nitrogens is 2. The van der Waals surface area contributed by atoms with E-state index in [9.17, 15) is 9.18 Å². The average molecular weight is 236 g/mol. The Balaban J connectivity index is 2.11. The van der Waals surface area contributed by atoms with Crippen LogP contribution in [0.3, 0.4) is 0 Å². The number of halogens is 1. The Hall–Kier alpha value is -2.24. The fourth-order valence-corrected chi connectivity index (χ4v) is 1.28. The minimum absolute atomic E-state index is 0.0350. The molecule has 0 aliphatic heterocycles. The zero-order valence-electron chi connectivity index (χ0n) is 9.01. The van der Waals surface area contributed by atoms with Crippen LogP contribution in [-0.4, -0.2) is 16.4 Å². The summed E-state index contributed by atoms with van der Waals surface area (Å²) in [5.74, 6) is 0.576. The zero-order valence-corrected chi connectivity index (χ0v) is 9.01. The first kappa shape index (κ1) is 11.3. The average Bonchev–Trinajstić information content (AvgIpc) is 2.73. The predicted octanol–water partition coefficient (Wildman–Crippen LogP) is 1.91. The summed E-state index contributed by atoms with van der Waals surface area (Å²) in [5.41, 5.74) is 0.140. The van der Waals surface area contributed by atoms with E-state index in [1.165, 1.54) is 12.1 Å². The summed E-state index contributed by atoms with van der Waals surface area (Å²) in [6.45, 7) is 1.72. The van der Waals surface area contributed by atoms with Crippen molar-refractivity contribution in [2.45, 2.75) is 13.5 Å². The molecule has 0 bridgehead atoms. The molecule has 0 unspecified atom stereocenters. The number of hydrogen-bond acceptors (Lipinski definition) is 5. The van der Waals surface area contributed by atoms with Gasteiger partial charge in [0.15, 0.2) is 18.7 Å². The molecule has 0 aliphatic carbocycles. The number of carbonyl (C=O) groups excluding carboxylic acids is 1. The molecule has 0 N–H and O–H groups in total. The van der Waals surface area contributed by atoms with Crippen molar-refractivity contribution in [3.8, 4) is 5.75 Å². The summed E-state index contributed by atoms with van der Waals surface area (Å²) in [5, 5.41) is 3.59. The third-order valence-electron chi connectivity index (χ3n) is 2.02. The van der Waals surface area contributed by atoms with Crippen LogP contribution in [0, 0.1) is 12.7 Å². The lowest BCUT2D eigenvalue weighted by atomic mass is 10.2. The third-order valence-corrected chi connectivity index (χ3v) is 2.02. The van der Waals surface area contributed by atoms with E-state index < -0.39 is 5.82 Å². The van der Waals surface area contributed by atoms with Crippen LogP contribution in [0.2, 0.25) is 0 Å². The Kier molecular flexibility index (Phi) is 3.13. The highest BCUT2D eigenvalue weighted by atomic mass is 19.1. The predicted molar refractivity (Wildman–Crippen MR) is 55.2 cm³/mol. The molecule has 0 atom stereocenters. The highest BCUT2D eigenvalue weighted by molar-refractivity contribution is 5.79. The summed E-state index contributed by atoms with van der Waals surface area (Å²) in [4.78, 5) is 14.6. The molecule has 0 aliphatic rings. The molecule has 5 nitrogen and oxygen atoms in total. The van der Waals surface area contributed by atoms with E-state index in [0.717, 1.165) is 6.07 Å². The van der Waals surface area contributed by atoms with Gasteiger partial charge in [-0.15, -0.1) is 0 Å². The van der Waals surface area contributed by atoms with Gasteiger partial charge in [-0.05, 0) is 25.1 Å². The smallest absolute Gasteiger partial charge is 0.264 e. The molecule has 1 aromatic carbocycles. The van der Waals surface area contributed by atoms with Crippen LogP contribution in [0.4, 0.5) is 4.39 Å². The maximum Gasteiger partial charge on any atom is 0.264 e. The van der Waals surface area contributed by atoms with Gasteiger partial charge in [-0.2, -0.15) is 4.98 Å². The number of aldehydes is 1. The number of aryl methyl sites for hydroxylation is 1. The number of benzene rings is 1. The van der Waals surface area contributed by atoms with Crippen molar-refractivity contribution < 1.29 is 18.4 Å². The van der Waals surface area contributed by atoms with Crippen molar-refractivity contribution in [3.05, 3.63) is 41.3 Å². The molecule has 1 heterocycles. The lowest BCUT2D eigenvalue weighted by molar-refractivity contribution is 0.111. The van der Waals surface area contributed by atoms with E-state index in [2.05, 4.69) is 10.1 Å². The van der Waals surface area contributed by atoms with E-state index in [0.29, 0.717) is 18.0 Å². The van der Waals surface area contributed by atoms with Crippen LogP contribution in [0.5, 0.6) is 5.75 Å². The molecule has 0 saturated heterocycles. The summed E-state index contributed by atoms with van der Waals surface area (Å²) < 4.78 is 23.0. The third kappa shape index (κ3) is 2.66. The van der Waals surface area contributed by atoms with Gasteiger partial charge in [0.25, 0.3) is 5.89 Å². The molecule has 0 spiro atoms. The number of carbonyl (C=O) groups is 1. The Bertz CT molecular complexity index is 539. The fraction of sp³-hybridized carbons (Fsp3) is 0.182.